The minimum absolute atomic E-state index is 0.400. The molecule has 1 aromatic rings. The summed E-state index contributed by atoms with van der Waals surface area (Å²) in [7, 11) is 1.80. The molecule has 1 N–H and O–H groups in total. The Balaban J connectivity index is 1.78. The van der Waals surface area contributed by atoms with E-state index in [0.717, 1.165) is 44.8 Å². The van der Waals surface area contributed by atoms with E-state index >= 15 is 0 Å². The molecule has 0 spiro atoms. The fourth-order valence-electron chi connectivity index (χ4n) is 2.42. The van der Waals surface area contributed by atoms with E-state index in [1.54, 1.807) is 7.11 Å². The topological polar surface area (TPSA) is 37.4 Å². The van der Waals surface area contributed by atoms with E-state index in [1.807, 2.05) is 6.20 Å². The molecule has 1 fully saturated rings. The molecule has 1 atom stereocenters. The van der Waals surface area contributed by atoms with Crippen LogP contribution in [-0.4, -0.2) is 42.7 Å². The number of hydrogen-bond donors (Lipinski definition) is 1. The van der Waals surface area contributed by atoms with Crippen LogP contribution in [0, 0.1) is 0 Å². The maximum atomic E-state index is 5.38. The van der Waals surface area contributed by atoms with Gasteiger partial charge in [0, 0.05) is 39.5 Å². The van der Waals surface area contributed by atoms with Gasteiger partial charge in [0.2, 0.25) is 0 Å². The zero-order valence-electron chi connectivity index (χ0n) is 12.1. The maximum Gasteiger partial charge on any atom is 0.0710 e. The number of methoxy groups -OCH3 is 1. The molecule has 0 radical (unpaired) electrons. The lowest BCUT2D eigenvalue weighted by molar-refractivity contribution is 0.107. The van der Waals surface area contributed by atoms with Crippen LogP contribution < -0.4 is 5.32 Å². The van der Waals surface area contributed by atoms with Crippen molar-refractivity contribution in [3.05, 3.63) is 29.6 Å². The van der Waals surface area contributed by atoms with E-state index < -0.39 is 0 Å². The van der Waals surface area contributed by atoms with E-state index in [2.05, 4.69) is 34.3 Å². The molecule has 1 saturated heterocycles. The van der Waals surface area contributed by atoms with Gasteiger partial charge in [-0.1, -0.05) is 13.0 Å². The van der Waals surface area contributed by atoms with Crippen molar-refractivity contribution in [2.24, 2.45) is 0 Å². The number of pyridine rings is 1. The maximum absolute atomic E-state index is 5.38. The third-order valence-electron chi connectivity index (χ3n) is 3.59. The van der Waals surface area contributed by atoms with Gasteiger partial charge in [-0.15, -0.1) is 0 Å². The fraction of sp³-hybridized carbons (Fsp3) is 0.667. The Hall–Kier alpha value is -0.970. The highest BCUT2D eigenvalue weighted by molar-refractivity contribution is 5.14. The van der Waals surface area contributed by atoms with E-state index in [0.29, 0.717) is 6.10 Å². The number of likely N-dealkylation sites (tertiary alicyclic amines) is 1. The largest absolute Gasteiger partial charge is 0.380 e. The standard InChI is InChI=1S/C15H25N3O/c1-3-7-16-9-13-4-5-14(17-10-13)11-18-8-6-15(12-18)19-2/h4-5,10,15-16H,3,6-9,11-12H2,1-2H3. The summed E-state index contributed by atoms with van der Waals surface area (Å²) in [5.41, 5.74) is 2.41. The fourth-order valence-corrected chi connectivity index (χ4v) is 2.42. The molecule has 4 nitrogen and oxygen atoms in total. The number of nitrogens with one attached hydrogen (secondary N) is 1. The third-order valence-corrected chi connectivity index (χ3v) is 3.59. The number of aromatic nitrogens is 1. The Bertz CT molecular complexity index is 366. The minimum Gasteiger partial charge on any atom is -0.380 e. The van der Waals surface area contributed by atoms with Gasteiger partial charge in [-0.3, -0.25) is 9.88 Å². The molecular weight excluding hydrogens is 238 g/mol. The molecule has 4 heteroatoms. The number of hydrogen-bond acceptors (Lipinski definition) is 4. The molecule has 0 aromatic carbocycles. The van der Waals surface area contributed by atoms with Gasteiger partial charge in [-0.05, 0) is 31.0 Å². The Morgan fingerprint density at radius 1 is 1.47 bits per heavy atom. The van der Waals surface area contributed by atoms with Crippen molar-refractivity contribution < 1.29 is 4.74 Å². The van der Waals surface area contributed by atoms with Crippen molar-refractivity contribution >= 4 is 0 Å². The highest BCUT2D eigenvalue weighted by Gasteiger charge is 2.21. The molecule has 2 heterocycles. The van der Waals surface area contributed by atoms with Crippen LogP contribution in [0.5, 0.6) is 0 Å². The lowest BCUT2D eigenvalue weighted by atomic mass is 10.2. The van der Waals surface area contributed by atoms with Gasteiger partial charge in [0.1, 0.15) is 0 Å². The lowest BCUT2D eigenvalue weighted by Crippen LogP contribution is -2.23. The summed E-state index contributed by atoms with van der Waals surface area (Å²) in [6.07, 6.45) is 4.69. The molecule has 106 valence electrons. The summed E-state index contributed by atoms with van der Waals surface area (Å²) in [5.74, 6) is 0. The smallest absolute Gasteiger partial charge is 0.0710 e. The first-order chi connectivity index (χ1) is 9.31. The first-order valence-electron chi connectivity index (χ1n) is 7.21. The average Bonchev–Trinajstić information content (AvgIpc) is 2.89. The quantitative estimate of drug-likeness (QED) is 0.761. The predicted octanol–water partition coefficient (Wildman–Crippen LogP) is 1.80. The van der Waals surface area contributed by atoms with Gasteiger partial charge in [0.15, 0.2) is 0 Å². The van der Waals surface area contributed by atoms with Crippen molar-refractivity contribution in [1.82, 2.24) is 15.2 Å². The molecule has 0 saturated carbocycles. The van der Waals surface area contributed by atoms with Crippen molar-refractivity contribution in [3.8, 4) is 0 Å². The monoisotopic (exact) mass is 263 g/mol. The van der Waals surface area contributed by atoms with E-state index in [-0.39, 0.29) is 0 Å². The average molecular weight is 263 g/mol. The number of ether oxygens (including phenoxy) is 1. The molecule has 0 bridgehead atoms. The number of rotatable bonds is 7. The molecule has 0 aliphatic carbocycles. The van der Waals surface area contributed by atoms with Crippen molar-refractivity contribution in [3.63, 3.8) is 0 Å². The van der Waals surface area contributed by atoms with Gasteiger partial charge in [-0.25, -0.2) is 0 Å². The normalized spacial score (nSPS) is 20.0. The molecular formula is C15H25N3O. The number of nitrogens with zero attached hydrogens (tertiary/aromatic N) is 2. The SMILES string of the molecule is CCCNCc1ccc(CN2CCC(OC)C2)nc1. The Morgan fingerprint density at radius 2 is 2.37 bits per heavy atom. The molecule has 1 unspecified atom stereocenters. The van der Waals surface area contributed by atoms with E-state index in [1.165, 1.54) is 12.0 Å². The Kier molecular flexibility index (Phi) is 5.76. The van der Waals surface area contributed by atoms with Crippen molar-refractivity contribution in [2.45, 2.75) is 39.0 Å². The zero-order valence-corrected chi connectivity index (χ0v) is 12.1. The van der Waals surface area contributed by atoms with Gasteiger partial charge < -0.3 is 10.1 Å². The van der Waals surface area contributed by atoms with E-state index in [9.17, 15) is 0 Å². The van der Waals surface area contributed by atoms with Crippen LogP contribution in [0.1, 0.15) is 31.0 Å². The van der Waals surface area contributed by atoms with Gasteiger partial charge in [0.05, 0.1) is 11.8 Å². The van der Waals surface area contributed by atoms with Gasteiger partial charge in [-0.2, -0.15) is 0 Å². The Labute approximate surface area is 116 Å². The van der Waals surface area contributed by atoms with Crippen molar-refractivity contribution in [1.29, 1.82) is 0 Å². The first-order valence-corrected chi connectivity index (χ1v) is 7.21. The highest BCUT2D eigenvalue weighted by Crippen LogP contribution is 2.14. The summed E-state index contributed by atoms with van der Waals surface area (Å²) in [6.45, 7) is 7.22. The summed E-state index contributed by atoms with van der Waals surface area (Å²) < 4.78 is 5.38. The second-order valence-electron chi connectivity index (χ2n) is 5.22. The zero-order chi connectivity index (χ0) is 13.5. The van der Waals surface area contributed by atoms with Crippen LogP contribution in [0.2, 0.25) is 0 Å². The van der Waals surface area contributed by atoms with E-state index in [4.69, 9.17) is 4.74 Å². The lowest BCUT2D eigenvalue weighted by Gasteiger charge is -2.15. The van der Waals surface area contributed by atoms with Crippen LogP contribution in [0.15, 0.2) is 18.3 Å². The Morgan fingerprint density at radius 3 is 3.00 bits per heavy atom. The van der Waals surface area contributed by atoms with Crippen LogP contribution >= 0.6 is 0 Å². The van der Waals surface area contributed by atoms with Crippen LogP contribution in [-0.2, 0) is 17.8 Å². The van der Waals surface area contributed by atoms with Gasteiger partial charge >= 0.3 is 0 Å². The summed E-state index contributed by atoms with van der Waals surface area (Å²) in [4.78, 5) is 6.96. The molecule has 0 amide bonds. The van der Waals surface area contributed by atoms with Crippen molar-refractivity contribution in [2.75, 3.05) is 26.7 Å². The minimum atomic E-state index is 0.400. The summed E-state index contributed by atoms with van der Waals surface area (Å²) >= 11 is 0. The summed E-state index contributed by atoms with van der Waals surface area (Å²) in [5, 5.41) is 3.39. The summed E-state index contributed by atoms with van der Waals surface area (Å²) in [6, 6.07) is 4.32. The second kappa shape index (κ2) is 7.58. The highest BCUT2D eigenvalue weighted by atomic mass is 16.5. The first kappa shape index (κ1) is 14.4. The molecule has 1 aliphatic rings. The second-order valence-corrected chi connectivity index (χ2v) is 5.22. The van der Waals surface area contributed by atoms with Crippen LogP contribution in [0.4, 0.5) is 0 Å². The van der Waals surface area contributed by atoms with Crippen LogP contribution in [0.25, 0.3) is 0 Å². The molecule has 2 rings (SSSR count). The third kappa shape index (κ3) is 4.56. The van der Waals surface area contributed by atoms with Gasteiger partial charge in [0.25, 0.3) is 0 Å². The molecule has 19 heavy (non-hydrogen) atoms. The molecule has 1 aromatic heterocycles. The van der Waals surface area contributed by atoms with Crippen LogP contribution in [0.3, 0.4) is 0 Å². The molecule has 1 aliphatic heterocycles. The predicted molar refractivity (Wildman–Crippen MR) is 76.9 cm³/mol.